The van der Waals surface area contributed by atoms with Gasteiger partial charge in [-0.1, -0.05) is 24.3 Å². The Hall–Kier alpha value is -2.58. The number of thioether (sulfide) groups is 2. The second-order valence-corrected chi connectivity index (χ2v) is 7.39. The summed E-state index contributed by atoms with van der Waals surface area (Å²) in [5.74, 6) is -0.660. The van der Waals surface area contributed by atoms with Gasteiger partial charge in [0.25, 0.3) is 0 Å². The summed E-state index contributed by atoms with van der Waals surface area (Å²) in [7, 11) is 0. The molecule has 0 radical (unpaired) electrons. The first-order valence-corrected chi connectivity index (χ1v) is 11.0. The van der Waals surface area contributed by atoms with Crippen molar-refractivity contribution in [2.24, 2.45) is 10.2 Å². The van der Waals surface area contributed by atoms with Crippen molar-refractivity contribution in [2.75, 3.05) is 12.5 Å². The van der Waals surface area contributed by atoms with E-state index in [2.05, 4.69) is 21.1 Å². The molecule has 0 saturated carbocycles. The summed E-state index contributed by atoms with van der Waals surface area (Å²) in [6.45, 7) is 0. The van der Waals surface area contributed by atoms with E-state index in [0.717, 1.165) is 20.9 Å². The summed E-state index contributed by atoms with van der Waals surface area (Å²) in [4.78, 5) is 25.8. The van der Waals surface area contributed by atoms with E-state index in [1.807, 2.05) is 61.0 Å². The second-order valence-electron chi connectivity index (χ2n) is 5.63. The van der Waals surface area contributed by atoms with Crippen LogP contribution in [-0.4, -0.2) is 36.8 Å². The van der Waals surface area contributed by atoms with Crippen LogP contribution in [0.3, 0.4) is 0 Å². The van der Waals surface area contributed by atoms with Gasteiger partial charge in [-0.2, -0.15) is 10.2 Å². The first-order chi connectivity index (χ1) is 13.6. The molecule has 0 atom stereocenters. The van der Waals surface area contributed by atoms with Gasteiger partial charge in [-0.3, -0.25) is 9.59 Å². The molecule has 28 heavy (non-hydrogen) atoms. The topological polar surface area (TPSA) is 82.9 Å². The number of hydrazone groups is 2. The molecule has 2 rings (SSSR count). The third-order valence-corrected chi connectivity index (χ3v) is 5.10. The highest BCUT2D eigenvalue weighted by Gasteiger charge is 2.05. The van der Waals surface area contributed by atoms with Crippen LogP contribution in [0, 0.1) is 0 Å². The lowest BCUT2D eigenvalue weighted by atomic mass is 10.2. The summed E-state index contributed by atoms with van der Waals surface area (Å²) in [5.41, 5.74) is 6.60. The third-order valence-electron chi connectivity index (χ3n) is 3.62. The van der Waals surface area contributed by atoms with Crippen LogP contribution >= 0.6 is 23.5 Å². The van der Waals surface area contributed by atoms with Gasteiger partial charge in [0, 0.05) is 22.6 Å². The highest BCUT2D eigenvalue weighted by atomic mass is 32.2. The molecule has 0 spiro atoms. The Labute approximate surface area is 173 Å². The number of carbonyl (C=O) groups excluding carboxylic acids is 2. The fourth-order valence-corrected chi connectivity index (χ4v) is 2.89. The molecule has 8 heteroatoms. The predicted molar refractivity (Wildman–Crippen MR) is 117 cm³/mol. The molecular formula is C20H22N4O2S2. The van der Waals surface area contributed by atoms with Gasteiger partial charge in [0.2, 0.25) is 11.8 Å². The van der Waals surface area contributed by atoms with Crippen molar-refractivity contribution < 1.29 is 9.59 Å². The van der Waals surface area contributed by atoms with E-state index >= 15 is 0 Å². The minimum atomic E-state index is -0.330. The molecular weight excluding hydrogens is 392 g/mol. The van der Waals surface area contributed by atoms with E-state index in [1.54, 1.807) is 36.0 Å². The minimum absolute atomic E-state index is 0.0343. The maximum absolute atomic E-state index is 11.7. The van der Waals surface area contributed by atoms with Gasteiger partial charge in [-0.15, -0.1) is 23.5 Å². The molecule has 0 aromatic heterocycles. The molecule has 0 aliphatic heterocycles. The van der Waals surface area contributed by atoms with E-state index in [-0.39, 0.29) is 24.7 Å². The highest BCUT2D eigenvalue weighted by molar-refractivity contribution is 7.98. The van der Waals surface area contributed by atoms with E-state index in [9.17, 15) is 9.59 Å². The zero-order valence-corrected chi connectivity index (χ0v) is 17.3. The SMILES string of the molecule is CSc1ccc(/C=N\NC(=O)CCC(=O)N/N=C/c2ccc(SC)cc2)cc1. The van der Waals surface area contributed by atoms with Crippen LogP contribution in [0.2, 0.25) is 0 Å². The monoisotopic (exact) mass is 414 g/mol. The molecule has 2 amide bonds. The molecule has 2 aromatic rings. The van der Waals surface area contributed by atoms with Crippen LogP contribution < -0.4 is 10.9 Å². The molecule has 0 bridgehead atoms. The highest BCUT2D eigenvalue weighted by Crippen LogP contribution is 2.14. The molecule has 0 heterocycles. The summed E-state index contributed by atoms with van der Waals surface area (Å²) in [6, 6.07) is 15.6. The number of hydrogen-bond donors (Lipinski definition) is 2. The molecule has 0 saturated heterocycles. The third kappa shape index (κ3) is 7.98. The number of nitrogens with one attached hydrogen (secondary N) is 2. The van der Waals surface area contributed by atoms with Crippen molar-refractivity contribution in [3.8, 4) is 0 Å². The van der Waals surface area contributed by atoms with Crippen LogP contribution in [0.15, 0.2) is 68.5 Å². The molecule has 146 valence electrons. The van der Waals surface area contributed by atoms with Crippen molar-refractivity contribution in [3.05, 3.63) is 59.7 Å². The second kappa shape index (κ2) is 12.0. The first-order valence-electron chi connectivity index (χ1n) is 8.52. The summed E-state index contributed by atoms with van der Waals surface area (Å²) >= 11 is 3.32. The number of benzene rings is 2. The Morgan fingerprint density at radius 2 is 1.11 bits per heavy atom. The first kappa shape index (κ1) is 21.7. The Morgan fingerprint density at radius 3 is 1.43 bits per heavy atom. The van der Waals surface area contributed by atoms with Gasteiger partial charge in [0.05, 0.1) is 12.4 Å². The summed E-state index contributed by atoms with van der Waals surface area (Å²) in [6.07, 6.45) is 7.21. The molecule has 0 unspecified atom stereocenters. The molecule has 0 aliphatic rings. The molecule has 2 aromatic carbocycles. The normalized spacial score (nSPS) is 11.1. The number of amides is 2. The number of carbonyl (C=O) groups is 2. The predicted octanol–water partition coefficient (Wildman–Crippen LogP) is 3.51. The Balaban J connectivity index is 1.67. The van der Waals surface area contributed by atoms with Crippen LogP contribution in [-0.2, 0) is 9.59 Å². The summed E-state index contributed by atoms with van der Waals surface area (Å²) < 4.78 is 0. The minimum Gasteiger partial charge on any atom is -0.273 e. The van der Waals surface area contributed by atoms with Gasteiger partial charge in [-0.25, -0.2) is 10.9 Å². The lowest BCUT2D eigenvalue weighted by Crippen LogP contribution is -2.22. The van der Waals surface area contributed by atoms with Crippen LogP contribution in [0.25, 0.3) is 0 Å². The largest absolute Gasteiger partial charge is 0.273 e. The molecule has 0 fully saturated rings. The van der Waals surface area contributed by atoms with Gasteiger partial charge >= 0.3 is 0 Å². The summed E-state index contributed by atoms with van der Waals surface area (Å²) in [5, 5.41) is 7.79. The van der Waals surface area contributed by atoms with Crippen LogP contribution in [0.1, 0.15) is 24.0 Å². The van der Waals surface area contributed by atoms with E-state index in [1.165, 1.54) is 0 Å². The lowest BCUT2D eigenvalue weighted by Gasteiger charge is -2.01. The maximum atomic E-state index is 11.7. The quantitative estimate of drug-likeness (QED) is 0.374. The number of nitrogens with zero attached hydrogens (tertiary/aromatic N) is 2. The van der Waals surface area contributed by atoms with Crippen molar-refractivity contribution in [3.63, 3.8) is 0 Å². The van der Waals surface area contributed by atoms with Gasteiger partial charge in [0.1, 0.15) is 0 Å². The fraction of sp³-hybridized carbons (Fsp3) is 0.200. The van der Waals surface area contributed by atoms with Crippen molar-refractivity contribution in [1.82, 2.24) is 10.9 Å². The molecule has 6 nitrogen and oxygen atoms in total. The van der Waals surface area contributed by atoms with E-state index in [0.29, 0.717) is 0 Å². The van der Waals surface area contributed by atoms with Gasteiger partial charge < -0.3 is 0 Å². The Morgan fingerprint density at radius 1 is 0.750 bits per heavy atom. The van der Waals surface area contributed by atoms with Crippen molar-refractivity contribution in [1.29, 1.82) is 0 Å². The van der Waals surface area contributed by atoms with Gasteiger partial charge in [0.15, 0.2) is 0 Å². The Kier molecular flexibility index (Phi) is 9.30. The molecule has 0 aliphatic carbocycles. The van der Waals surface area contributed by atoms with Crippen LogP contribution in [0.5, 0.6) is 0 Å². The smallest absolute Gasteiger partial charge is 0.240 e. The van der Waals surface area contributed by atoms with Gasteiger partial charge in [-0.05, 0) is 47.9 Å². The lowest BCUT2D eigenvalue weighted by molar-refractivity contribution is -0.126. The molecule has 2 N–H and O–H groups in total. The zero-order chi connectivity index (χ0) is 20.2. The van der Waals surface area contributed by atoms with E-state index in [4.69, 9.17) is 0 Å². The van der Waals surface area contributed by atoms with E-state index < -0.39 is 0 Å². The standard InChI is InChI=1S/C20H22N4O2S2/c1-27-17-7-3-15(4-8-17)13-21-23-19(25)11-12-20(26)24-22-14-16-5-9-18(28-2)10-6-16/h3-10,13-14H,11-12H2,1-2H3,(H,23,25)(H,24,26)/b21-13-,22-14+. The average Bonchev–Trinajstić information content (AvgIpc) is 2.73. The fourth-order valence-electron chi connectivity index (χ4n) is 2.08. The maximum Gasteiger partial charge on any atom is 0.240 e. The van der Waals surface area contributed by atoms with Crippen molar-refractivity contribution >= 4 is 47.8 Å². The number of hydrogen-bond acceptors (Lipinski definition) is 6. The number of rotatable bonds is 9. The van der Waals surface area contributed by atoms with Crippen molar-refractivity contribution in [2.45, 2.75) is 22.6 Å². The average molecular weight is 415 g/mol. The Bertz CT molecular complexity index is 763. The van der Waals surface area contributed by atoms with Crippen LogP contribution in [0.4, 0.5) is 0 Å². The zero-order valence-electron chi connectivity index (χ0n) is 15.7.